The lowest BCUT2D eigenvalue weighted by atomic mass is 9.79. The summed E-state index contributed by atoms with van der Waals surface area (Å²) < 4.78 is 14.3. The molecule has 2 aromatic carbocycles. The number of amides is 4. The van der Waals surface area contributed by atoms with Gasteiger partial charge in [-0.1, -0.05) is 19.1 Å². The van der Waals surface area contributed by atoms with Crippen molar-refractivity contribution in [3.05, 3.63) is 64.5 Å². The molecule has 1 fully saturated rings. The van der Waals surface area contributed by atoms with E-state index in [9.17, 15) is 18.8 Å². The number of halogens is 1. The predicted molar refractivity (Wildman–Crippen MR) is 127 cm³/mol. The second kappa shape index (κ2) is 8.14. The van der Waals surface area contributed by atoms with Crippen molar-refractivity contribution < 1.29 is 18.8 Å². The monoisotopic (exact) mass is 449 g/mol. The molecule has 2 heterocycles. The minimum absolute atomic E-state index is 0.0213. The van der Waals surface area contributed by atoms with Gasteiger partial charge in [0, 0.05) is 17.8 Å². The van der Waals surface area contributed by atoms with E-state index in [4.69, 9.17) is 0 Å². The largest absolute Gasteiger partial charge is 0.366 e. The zero-order chi connectivity index (χ0) is 24.1. The van der Waals surface area contributed by atoms with Gasteiger partial charge < -0.3 is 4.90 Å². The van der Waals surface area contributed by atoms with Crippen LogP contribution >= 0.6 is 0 Å². The molecule has 2 aliphatic rings. The average Bonchev–Trinajstić information content (AvgIpc) is 2.72. The molecule has 0 spiro atoms. The van der Waals surface area contributed by atoms with Gasteiger partial charge in [-0.05, 0) is 87.1 Å². The highest BCUT2D eigenvalue weighted by Gasteiger charge is 2.39. The van der Waals surface area contributed by atoms with Gasteiger partial charge in [-0.15, -0.1) is 0 Å². The molecule has 4 amide bonds. The third kappa shape index (κ3) is 3.81. The van der Waals surface area contributed by atoms with Gasteiger partial charge >= 0.3 is 6.03 Å². The van der Waals surface area contributed by atoms with E-state index in [1.165, 1.54) is 24.3 Å². The highest BCUT2D eigenvalue weighted by molar-refractivity contribution is 6.39. The van der Waals surface area contributed by atoms with Crippen LogP contribution in [0.25, 0.3) is 6.08 Å². The van der Waals surface area contributed by atoms with Crippen molar-refractivity contribution in [3.63, 3.8) is 0 Å². The Morgan fingerprint density at radius 2 is 1.85 bits per heavy atom. The molecule has 0 aromatic heterocycles. The summed E-state index contributed by atoms with van der Waals surface area (Å²) in [6.07, 6.45) is 2.47. The van der Waals surface area contributed by atoms with Crippen LogP contribution in [0.5, 0.6) is 0 Å². The first-order valence-electron chi connectivity index (χ1n) is 11.1. The van der Waals surface area contributed by atoms with Gasteiger partial charge in [-0.2, -0.15) is 0 Å². The normalized spacial score (nSPS) is 21.3. The number of hydrogen-bond acceptors (Lipinski definition) is 4. The van der Waals surface area contributed by atoms with Gasteiger partial charge in [0.1, 0.15) is 11.4 Å². The van der Waals surface area contributed by atoms with Crippen molar-refractivity contribution in [2.75, 3.05) is 16.3 Å². The molecule has 33 heavy (non-hydrogen) atoms. The van der Waals surface area contributed by atoms with E-state index in [1.807, 2.05) is 13.0 Å². The molecule has 0 aliphatic carbocycles. The van der Waals surface area contributed by atoms with Crippen LogP contribution in [0.3, 0.4) is 0 Å². The number of nitrogens with one attached hydrogen (secondary N) is 1. The number of barbiturate groups is 1. The molecule has 4 rings (SSSR count). The number of imide groups is 2. The number of rotatable bonds is 3. The first-order valence-corrected chi connectivity index (χ1v) is 11.1. The van der Waals surface area contributed by atoms with Gasteiger partial charge in [-0.25, -0.2) is 14.1 Å². The van der Waals surface area contributed by atoms with Gasteiger partial charge in [0.2, 0.25) is 0 Å². The van der Waals surface area contributed by atoms with Crippen LogP contribution in [-0.2, 0) is 9.59 Å². The molecule has 172 valence electrons. The lowest BCUT2D eigenvalue weighted by Crippen LogP contribution is -2.54. The van der Waals surface area contributed by atoms with Crippen LogP contribution < -0.4 is 15.1 Å². The summed E-state index contributed by atoms with van der Waals surface area (Å²) in [7, 11) is 0. The van der Waals surface area contributed by atoms with Crippen molar-refractivity contribution in [2.24, 2.45) is 0 Å². The highest BCUT2D eigenvalue weighted by Crippen LogP contribution is 2.44. The molecule has 7 heteroatoms. The van der Waals surface area contributed by atoms with Gasteiger partial charge in [0.05, 0.1) is 5.69 Å². The number of anilines is 2. The van der Waals surface area contributed by atoms with Crippen LogP contribution in [0.15, 0.2) is 42.0 Å². The molecule has 6 nitrogen and oxygen atoms in total. The highest BCUT2D eigenvalue weighted by atomic mass is 19.1. The van der Waals surface area contributed by atoms with Crippen molar-refractivity contribution in [2.45, 2.75) is 52.5 Å². The Bertz CT molecular complexity index is 1200. The Kier molecular flexibility index (Phi) is 5.60. The third-order valence-corrected chi connectivity index (χ3v) is 6.58. The van der Waals surface area contributed by atoms with E-state index in [0.717, 1.165) is 41.4 Å². The van der Waals surface area contributed by atoms with Gasteiger partial charge in [0.15, 0.2) is 0 Å². The first kappa shape index (κ1) is 22.7. The number of nitrogens with zero attached hydrogens (tertiary/aromatic N) is 2. The molecule has 1 N–H and O–H groups in total. The van der Waals surface area contributed by atoms with E-state index in [0.29, 0.717) is 10.8 Å². The third-order valence-electron chi connectivity index (χ3n) is 6.58. The van der Waals surface area contributed by atoms with Gasteiger partial charge in [0.25, 0.3) is 11.8 Å². The molecule has 0 saturated carbocycles. The maximum absolute atomic E-state index is 14.3. The quantitative estimate of drug-likeness (QED) is 0.534. The fraction of sp³-hybridized carbons (Fsp3) is 0.346. The summed E-state index contributed by atoms with van der Waals surface area (Å²) in [5.74, 6) is -2.08. The van der Waals surface area contributed by atoms with Crippen molar-refractivity contribution in [3.8, 4) is 0 Å². The number of carbonyl (C=O) groups is 3. The summed E-state index contributed by atoms with van der Waals surface area (Å²) in [5, 5.41) is 2.16. The van der Waals surface area contributed by atoms with Crippen LogP contribution in [0, 0.1) is 12.7 Å². The second-order valence-electron chi connectivity index (χ2n) is 9.34. The summed E-state index contributed by atoms with van der Waals surface area (Å²) in [5.41, 5.74) is 3.54. The molecule has 2 aliphatic heterocycles. The number of carbonyl (C=O) groups excluding carboxylic acids is 3. The molecule has 1 atom stereocenters. The first-order chi connectivity index (χ1) is 15.5. The van der Waals surface area contributed by atoms with E-state index < -0.39 is 23.7 Å². The lowest BCUT2D eigenvalue weighted by Gasteiger charge is -2.47. The molecule has 0 unspecified atom stereocenters. The number of benzene rings is 2. The maximum atomic E-state index is 14.3. The molecule has 2 aromatic rings. The van der Waals surface area contributed by atoms with Crippen LogP contribution in [0.2, 0.25) is 0 Å². The SMILES string of the molecule is CCN1c2cc(C)c(/C=C3\C(=O)NC(=O)N(c4ccccc4F)C3=O)cc2[C@H](C)CC1(C)C. The summed E-state index contributed by atoms with van der Waals surface area (Å²) in [6, 6.07) is 8.61. The Labute approximate surface area is 193 Å². The van der Waals surface area contributed by atoms with Crippen LogP contribution in [0.4, 0.5) is 20.6 Å². The van der Waals surface area contributed by atoms with Crippen molar-refractivity contribution in [1.29, 1.82) is 0 Å². The molecule has 1 saturated heterocycles. The molecular weight excluding hydrogens is 421 g/mol. The summed E-state index contributed by atoms with van der Waals surface area (Å²) in [4.78, 5) is 41.1. The number of hydrogen-bond donors (Lipinski definition) is 1. The number of urea groups is 1. The number of fused-ring (bicyclic) bond motifs is 1. The zero-order valence-electron chi connectivity index (χ0n) is 19.5. The molecule has 0 radical (unpaired) electrons. The fourth-order valence-corrected chi connectivity index (χ4v) is 5.07. The van der Waals surface area contributed by atoms with Crippen molar-refractivity contribution in [1.82, 2.24) is 5.32 Å². The average molecular weight is 450 g/mol. The Balaban J connectivity index is 1.79. The van der Waals surface area contributed by atoms with Crippen LogP contribution in [-0.4, -0.2) is 29.9 Å². The summed E-state index contributed by atoms with van der Waals surface area (Å²) >= 11 is 0. The molecule has 0 bridgehead atoms. The Hall–Kier alpha value is -3.48. The second-order valence-corrected chi connectivity index (χ2v) is 9.34. The lowest BCUT2D eigenvalue weighted by molar-refractivity contribution is -0.122. The summed E-state index contributed by atoms with van der Waals surface area (Å²) in [6.45, 7) is 11.6. The van der Waals surface area contributed by atoms with E-state index in [-0.39, 0.29) is 16.8 Å². The van der Waals surface area contributed by atoms with E-state index >= 15 is 0 Å². The van der Waals surface area contributed by atoms with Gasteiger partial charge in [-0.3, -0.25) is 14.9 Å². The standard InChI is InChI=1S/C26H28FN3O3/c1-6-29-22-11-15(2)17(12-18(22)16(3)14-26(29,4)5)13-19-23(31)28-25(33)30(24(19)32)21-10-8-7-9-20(21)27/h7-13,16H,6,14H2,1-5H3,(H,28,31,33)/b19-13+/t16-/m1/s1. The number of para-hydroxylation sites is 1. The van der Waals surface area contributed by atoms with Crippen LogP contribution in [0.1, 0.15) is 56.7 Å². The van der Waals surface area contributed by atoms with E-state index in [2.05, 4.69) is 44.0 Å². The predicted octanol–water partition coefficient (Wildman–Crippen LogP) is 4.91. The minimum Gasteiger partial charge on any atom is -0.366 e. The van der Waals surface area contributed by atoms with E-state index in [1.54, 1.807) is 0 Å². The molecular formula is C26H28FN3O3. The fourth-order valence-electron chi connectivity index (χ4n) is 5.07. The topological polar surface area (TPSA) is 69.7 Å². The van der Waals surface area contributed by atoms with Crippen molar-refractivity contribution >= 4 is 35.3 Å². The Morgan fingerprint density at radius 3 is 2.52 bits per heavy atom. The maximum Gasteiger partial charge on any atom is 0.336 e. The minimum atomic E-state index is -0.969. The zero-order valence-corrected chi connectivity index (χ0v) is 19.5. The smallest absolute Gasteiger partial charge is 0.336 e. The Morgan fingerprint density at radius 1 is 1.15 bits per heavy atom. The number of aryl methyl sites for hydroxylation is 1.